The average molecular weight is 426 g/mol. The standard InChI is InChI=1S/C25H35N3O3/c1-15(2)26-23(31)28-14-17-13-24-6-5-20(28)22(17)25(24)7-8-27(9-10-29)21(24)11-16-3-4-18(30)12-19(16)25/h3-4,12,15,17,20-22,29-30H,5-11,13-14H2,1-2H3,(H,26,31)/t17-,20?,21?,22?,24?,25?/m1/s1. The van der Waals surface area contributed by atoms with Crippen molar-refractivity contribution in [2.45, 2.75) is 69.5 Å². The van der Waals surface area contributed by atoms with Crippen molar-refractivity contribution < 1.29 is 15.0 Å². The summed E-state index contributed by atoms with van der Waals surface area (Å²) in [6.45, 7) is 6.87. The van der Waals surface area contributed by atoms with Gasteiger partial charge in [0.05, 0.1) is 6.61 Å². The SMILES string of the molecule is CC(C)NC(=O)N1C[C@H]2CC34CCC1C2C31CCN(CCO)C4Cc2ccc(O)cc21. The molecule has 4 bridgehead atoms. The number of aromatic hydroxyl groups is 1. The quantitative estimate of drug-likeness (QED) is 0.695. The van der Waals surface area contributed by atoms with Crippen molar-refractivity contribution >= 4 is 6.03 Å². The van der Waals surface area contributed by atoms with Gasteiger partial charge in [-0.3, -0.25) is 4.90 Å². The van der Waals surface area contributed by atoms with Gasteiger partial charge in [0.2, 0.25) is 0 Å². The predicted octanol–water partition coefficient (Wildman–Crippen LogP) is 2.47. The number of hydrogen-bond acceptors (Lipinski definition) is 4. The highest BCUT2D eigenvalue weighted by molar-refractivity contribution is 5.75. The molecule has 6 rings (SSSR count). The van der Waals surface area contributed by atoms with E-state index in [2.05, 4.69) is 27.2 Å². The number of phenolic OH excluding ortho intramolecular Hbond substituents is 1. The Morgan fingerprint density at radius 3 is 2.94 bits per heavy atom. The Balaban J connectivity index is 1.48. The summed E-state index contributed by atoms with van der Waals surface area (Å²) in [7, 11) is 0. The number of benzene rings is 1. The fourth-order valence-electron chi connectivity index (χ4n) is 9.05. The number of amides is 2. The van der Waals surface area contributed by atoms with Crippen LogP contribution in [0.4, 0.5) is 4.79 Å². The molecule has 0 spiro atoms. The van der Waals surface area contributed by atoms with Gasteiger partial charge in [0.1, 0.15) is 5.75 Å². The van der Waals surface area contributed by atoms with Crippen LogP contribution in [0.2, 0.25) is 0 Å². The Labute approximate surface area is 184 Å². The Morgan fingerprint density at radius 1 is 1.32 bits per heavy atom. The van der Waals surface area contributed by atoms with E-state index in [-0.39, 0.29) is 35.6 Å². The maximum Gasteiger partial charge on any atom is 0.317 e. The molecule has 2 saturated heterocycles. The maximum absolute atomic E-state index is 13.1. The second-order valence-electron chi connectivity index (χ2n) is 11.1. The lowest BCUT2D eigenvalue weighted by Gasteiger charge is -2.66. The zero-order valence-corrected chi connectivity index (χ0v) is 18.7. The first-order valence-corrected chi connectivity index (χ1v) is 12.2. The molecule has 2 amide bonds. The Morgan fingerprint density at radius 2 is 2.16 bits per heavy atom. The number of β-amino-alcohol motifs (C(OH)–C–C–N with tert-alkyl or cyclic N) is 1. The van der Waals surface area contributed by atoms with Crippen molar-refractivity contribution in [3.05, 3.63) is 29.3 Å². The molecule has 31 heavy (non-hydrogen) atoms. The van der Waals surface area contributed by atoms with Gasteiger partial charge in [-0.05, 0) is 93.0 Å². The normalized spacial score (nSPS) is 40.1. The molecule has 4 fully saturated rings. The topological polar surface area (TPSA) is 76.0 Å². The molecule has 1 aromatic carbocycles. The summed E-state index contributed by atoms with van der Waals surface area (Å²) >= 11 is 0. The fourth-order valence-corrected chi connectivity index (χ4v) is 9.05. The number of carbonyl (C=O) groups excluding carboxylic acids is 1. The summed E-state index contributed by atoms with van der Waals surface area (Å²) in [5.41, 5.74) is 2.98. The van der Waals surface area contributed by atoms with E-state index in [4.69, 9.17) is 0 Å². The number of urea groups is 1. The maximum atomic E-state index is 13.1. The number of rotatable bonds is 3. The van der Waals surface area contributed by atoms with Crippen molar-refractivity contribution in [2.75, 3.05) is 26.2 Å². The third kappa shape index (κ3) is 2.38. The minimum Gasteiger partial charge on any atom is -0.508 e. The molecule has 5 aliphatic rings. The van der Waals surface area contributed by atoms with E-state index >= 15 is 0 Å². The summed E-state index contributed by atoms with van der Waals surface area (Å²) in [4.78, 5) is 17.8. The van der Waals surface area contributed by atoms with Gasteiger partial charge in [0.25, 0.3) is 0 Å². The molecule has 6 nitrogen and oxygen atoms in total. The molecule has 0 radical (unpaired) electrons. The average Bonchev–Trinajstić information content (AvgIpc) is 3.16. The minimum atomic E-state index is 0.0381. The highest BCUT2D eigenvalue weighted by Crippen LogP contribution is 2.75. The molecule has 2 saturated carbocycles. The largest absolute Gasteiger partial charge is 0.508 e. The van der Waals surface area contributed by atoms with E-state index in [1.807, 2.05) is 19.9 Å². The molecule has 2 aliphatic heterocycles. The van der Waals surface area contributed by atoms with Crippen LogP contribution < -0.4 is 5.32 Å². The van der Waals surface area contributed by atoms with Gasteiger partial charge in [-0.1, -0.05) is 6.07 Å². The molecular weight excluding hydrogens is 390 g/mol. The van der Waals surface area contributed by atoms with E-state index in [1.165, 1.54) is 17.5 Å². The predicted molar refractivity (Wildman–Crippen MR) is 118 cm³/mol. The summed E-state index contributed by atoms with van der Waals surface area (Å²) in [5.74, 6) is 1.36. The van der Waals surface area contributed by atoms with E-state index < -0.39 is 0 Å². The highest BCUT2D eigenvalue weighted by atomic mass is 16.3. The molecular formula is C25H35N3O3. The minimum absolute atomic E-state index is 0.0381. The highest BCUT2D eigenvalue weighted by Gasteiger charge is 2.76. The summed E-state index contributed by atoms with van der Waals surface area (Å²) in [6.07, 6.45) is 5.46. The van der Waals surface area contributed by atoms with Crippen molar-refractivity contribution in [2.24, 2.45) is 17.3 Å². The first kappa shape index (κ1) is 19.9. The summed E-state index contributed by atoms with van der Waals surface area (Å²) in [6, 6.07) is 7.01. The van der Waals surface area contributed by atoms with Gasteiger partial charge in [-0.2, -0.15) is 0 Å². The Kier molecular flexibility index (Phi) is 4.24. The monoisotopic (exact) mass is 425 g/mol. The molecule has 2 heterocycles. The van der Waals surface area contributed by atoms with E-state index in [0.29, 0.717) is 23.6 Å². The lowest BCUT2D eigenvalue weighted by Crippen LogP contribution is -2.70. The number of fused-ring (bicyclic) bond motifs is 1. The Hall–Kier alpha value is -1.79. The second kappa shape index (κ2) is 6.61. The molecule has 5 unspecified atom stereocenters. The number of aliphatic hydroxyl groups excluding tert-OH is 1. The third-order valence-electron chi connectivity index (χ3n) is 9.64. The van der Waals surface area contributed by atoms with Gasteiger partial charge < -0.3 is 20.4 Å². The van der Waals surface area contributed by atoms with Crippen LogP contribution in [0.5, 0.6) is 5.75 Å². The van der Waals surface area contributed by atoms with Crippen LogP contribution >= 0.6 is 0 Å². The first-order valence-electron chi connectivity index (χ1n) is 12.2. The van der Waals surface area contributed by atoms with Gasteiger partial charge >= 0.3 is 6.03 Å². The van der Waals surface area contributed by atoms with E-state index in [9.17, 15) is 15.0 Å². The first-order chi connectivity index (χ1) is 14.9. The van der Waals surface area contributed by atoms with Crippen LogP contribution in [0, 0.1) is 17.3 Å². The molecule has 6 heteroatoms. The number of likely N-dealkylation sites (tertiary alicyclic amines) is 2. The number of hydrogen-bond donors (Lipinski definition) is 3. The fraction of sp³-hybridized carbons (Fsp3) is 0.720. The smallest absolute Gasteiger partial charge is 0.317 e. The molecule has 1 aromatic rings. The lowest BCUT2D eigenvalue weighted by atomic mass is 9.43. The molecule has 6 atom stereocenters. The Bertz CT molecular complexity index is 919. The summed E-state index contributed by atoms with van der Waals surface area (Å²) in [5, 5.41) is 23.4. The molecule has 3 N–H and O–H groups in total. The van der Waals surface area contributed by atoms with Crippen LogP contribution in [0.15, 0.2) is 18.2 Å². The van der Waals surface area contributed by atoms with Crippen LogP contribution in [0.25, 0.3) is 0 Å². The van der Waals surface area contributed by atoms with E-state index in [1.54, 1.807) is 0 Å². The molecule has 0 aromatic heterocycles. The van der Waals surface area contributed by atoms with Crippen molar-refractivity contribution in [3.8, 4) is 5.75 Å². The van der Waals surface area contributed by atoms with Crippen LogP contribution in [-0.2, 0) is 11.8 Å². The van der Waals surface area contributed by atoms with E-state index in [0.717, 1.165) is 45.3 Å². The third-order valence-corrected chi connectivity index (χ3v) is 9.64. The van der Waals surface area contributed by atoms with Crippen molar-refractivity contribution in [3.63, 3.8) is 0 Å². The van der Waals surface area contributed by atoms with Crippen molar-refractivity contribution in [1.29, 1.82) is 0 Å². The van der Waals surface area contributed by atoms with Gasteiger partial charge in [0.15, 0.2) is 0 Å². The van der Waals surface area contributed by atoms with Crippen LogP contribution in [-0.4, -0.2) is 70.4 Å². The number of piperidine rings is 1. The number of phenols is 1. The second-order valence-corrected chi connectivity index (χ2v) is 11.1. The lowest BCUT2D eigenvalue weighted by molar-refractivity contribution is -0.103. The molecule has 3 aliphatic carbocycles. The number of nitrogens with one attached hydrogen (secondary N) is 1. The van der Waals surface area contributed by atoms with Crippen molar-refractivity contribution in [1.82, 2.24) is 15.1 Å². The van der Waals surface area contributed by atoms with Crippen LogP contribution in [0.3, 0.4) is 0 Å². The zero-order chi connectivity index (χ0) is 21.5. The number of carbonyl (C=O) groups is 1. The van der Waals surface area contributed by atoms with Gasteiger partial charge in [-0.25, -0.2) is 4.79 Å². The van der Waals surface area contributed by atoms with Gasteiger partial charge in [-0.15, -0.1) is 0 Å². The summed E-state index contributed by atoms with van der Waals surface area (Å²) < 4.78 is 0. The zero-order valence-electron chi connectivity index (χ0n) is 18.7. The number of aliphatic hydroxyl groups is 1. The number of nitrogens with zero attached hydrogens (tertiary/aromatic N) is 2. The van der Waals surface area contributed by atoms with Crippen LogP contribution in [0.1, 0.15) is 50.7 Å². The van der Waals surface area contributed by atoms with Gasteiger partial charge in [0, 0.05) is 36.6 Å². The molecule has 168 valence electrons.